The van der Waals surface area contributed by atoms with Crippen LogP contribution < -0.4 is 0 Å². The predicted octanol–water partition coefficient (Wildman–Crippen LogP) is 4.41. The maximum absolute atomic E-state index is 2.33. The van der Waals surface area contributed by atoms with E-state index in [0.29, 0.717) is 5.25 Å². The second kappa shape index (κ2) is 4.95. The van der Waals surface area contributed by atoms with Crippen molar-refractivity contribution < 1.29 is 0 Å². The molecule has 0 nitrogen and oxygen atoms in total. The van der Waals surface area contributed by atoms with Crippen molar-refractivity contribution in [2.24, 2.45) is 0 Å². The van der Waals surface area contributed by atoms with Gasteiger partial charge in [-0.3, -0.25) is 0 Å². The van der Waals surface area contributed by atoms with Gasteiger partial charge < -0.3 is 0 Å². The minimum atomic E-state index is 0.577. The number of benzene rings is 1. The minimum Gasteiger partial charge on any atom is -0.123 e. The number of allylic oxidation sites excluding steroid dienone is 2. The van der Waals surface area contributed by atoms with Crippen LogP contribution in [-0.2, 0) is 0 Å². The van der Waals surface area contributed by atoms with Crippen molar-refractivity contribution in [1.29, 1.82) is 0 Å². The standard InChI is InChI=1S/C13H14S2/c1-10-8-12(9-13(14-2)15-10)11-6-4-3-5-7-11/h3-10H,1-2H3. The number of hydrogen-bond acceptors (Lipinski definition) is 2. The first kappa shape index (κ1) is 10.9. The van der Waals surface area contributed by atoms with E-state index in [1.54, 1.807) is 0 Å². The average Bonchev–Trinajstić information content (AvgIpc) is 2.29. The van der Waals surface area contributed by atoms with Crippen molar-refractivity contribution in [3.8, 4) is 0 Å². The summed E-state index contributed by atoms with van der Waals surface area (Å²) in [6.45, 7) is 2.25. The van der Waals surface area contributed by atoms with E-state index < -0.39 is 0 Å². The van der Waals surface area contributed by atoms with Crippen LogP contribution in [0.5, 0.6) is 0 Å². The first-order valence-corrected chi connectivity index (χ1v) is 7.09. The second-order valence-electron chi connectivity index (χ2n) is 3.48. The van der Waals surface area contributed by atoms with Crippen LogP contribution in [0.3, 0.4) is 0 Å². The van der Waals surface area contributed by atoms with Crippen molar-refractivity contribution in [2.45, 2.75) is 12.2 Å². The van der Waals surface area contributed by atoms with Crippen LogP contribution in [0.4, 0.5) is 0 Å². The smallest absolute Gasteiger partial charge is 0.0409 e. The van der Waals surface area contributed by atoms with Crippen LogP contribution in [0.1, 0.15) is 12.5 Å². The average molecular weight is 234 g/mol. The summed E-state index contributed by atoms with van der Waals surface area (Å²) in [4.78, 5) is 0. The SMILES string of the molecule is CSC1=CC(c2ccccc2)=CC(C)S1. The lowest BCUT2D eigenvalue weighted by Gasteiger charge is -2.17. The molecule has 78 valence electrons. The molecule has 0 radical (unpaired) electrons. The van der Waals surface area contributed by atoms with E-state index in [1.807, 2.05) is 23.5 Å². The van der Waals surface area contributed by atoms with E-state index in [9.17, 15) is 0 Å². The Morgan fingerprint density at radius 1 is 1.20 bits per heavy atom. The van der Waals surface area contributed by atoms with Crippen LogP contribution in [0.2, 0.25) is 0 Å². The Balaban J connectivity index is 2.33. The van der Waals surface area contributed by atoms with Crippen molar-refractivity contribution in [3.05, 3.63) is 52.3 Å². The summed E-state index contributed by atoms with van der Waals surface area (Å²) in [5.74, 6) is 0. The van der Waals surface area contributed by atoms with E-state index in [1.165, 1.54) is 15.4 Å². The molecule has 0 amide bonds. The van der Waals surface area contributed by atoms with Crippen molar-refractivity contribution in [3.63, 3.8) is 0 Å². The lowest BCUT2D eigenvalue weighted by molar-refractivity contribution is 1.25. The van der Waals surface area contributed by atoms with Crippen molar-refractivity contribution in [2.75, 3.05) is 6.26 Å². The van der Waals surface area contributed by atoms with E-state index in [4.69, 9.17) is 0 Å². The molecule has 1 aliphatic rings. The third kappa shape index (κ3) is 2.70. The highest BCUT2D eigenvalue weighted by molar-refractivity contribution is 8.22. The summed E-state index contributed by atoms with van der Waals surface area (Å²) in [6.07, 6.45) is 6.75. The van der Waals surface area contributed by atoms with Gasteiger partial charge in [0.25, 0.3) is 0 Å². The molecule has 2 heteroatoms. The number of thioether (sulfide) groups is 2. The molecule has 0 aromatic heterocycles. The fraction of sp³-hybridized carbons (Fsp3) is 0.231. The Labute approximate surface area is 99.8 Å². The quantitative estimate of drug-likeness (QED) is 0.743. The van der Waals surface area contributed by atoms with E-state index in [0.717, 1.165) is 0 Å². The highest BCUT2D eigenvalue weighted by Crippen LogP contribution is 2.38. The molecule has 2 rings (SSSR count). The third-order valence-corrected chi connectivity index (χ3v) is 4.46. The maximum Gasteiger partial charge on any atom is 0.0409 e. The highest BCUT2D eigenvalue weighted by atomic mass is 32.2. The molecule has 1 atom stereocenters. The van der Waals surface area contributed by atoms with Gasteiger partial charge in [0, 0.05) is 9.49 Å². The van der Waals surface area contributed by atoms with Gasteiger partial charge in [-0.15, -0.1) is 23.5 Å². The zero-order chi connectivity index (χ0) is 10.7. The van der Waals surface area contributed by atoms with Gasteiger partial charge in [-0.2, -0.15) is 0 Å². The van der Waals surface area contributed by atoms with Crippen molar-refractivity contribution in [1.82, 2.24) is 0 Å². The summed E-state index contributed by atoms with van der Waals surface area (Å²) in [5.41, 5.74) is 2.67. The van der Waals surface area contributed by atoms with Gasteiger partial charge in [0.15, 0.2) is 0 Å². The van der Waals surface area contributed by atoms with E-state index in [-0.39, 0.29) is 0 Å². The van der Waals surface area contributed by atoms with Gasteiger partial charge >= 0.3 is 0 Å². The van der Waals surface area contributed by atoms with Crippen LogP contribution in [0, 0.1) is 0 Å². The summed E-state index contributed by atoms with van der Waals surface area (Å²) in [5, 5.41) is 0.577. The van der Waals surface area contributed by atoms with Gasteiger partial charge in [-0.1, -0.05) is 36.4 Å². The molecule has 0 spiro atoms. The molecule has 1 heterocycles. The molecular formula is C13H14S2. The monoisotopic (exact) mass is 234 g/mol. The molecule has 0 fully saturated rings. The summed E-state index contributed by atoms with van der Waals surface area (Å²) < 4.78 is 1.41. The Morgan fingerprint density at radius 3 is 2.60 bits per heavy atom. The normalized spacial score (nSPS) is 20.8. The molecule has 0 saturated heterocycles. The van der Waals surface area contributed by atoms with E-state index in [2.05, 4.69) is 55.7 Å². The molecule has 0 saturated carbocycles. The maximum atomic E-state index is 2.33. The molecule has 0 bridgehead atoms. The largest absolute Gasteiger partial charge is 0.123 e. The Morgan fingerprint density at radius 2 is 1.93 bits per heavy atom. The van der Waals surface area contributed by atoms with Gasteiger partial charge in [-0.25, -0.2) is 0 Å². The van der Waals surface area contributed by atoms with E-state index >= 15 is 0 Å². The zero-order valence-corrected chi connectivity index (χ0v) is 10.6. The van der Waals surface area contributed by atoms with Gasteiger partial charge in [0.1, 0.15) is 0 Å². The zero-order valence-electron chi connectivity index (χ0n) is 8.94. The lowest BCUT2D eigenvalue weighted by Crippen LogP contribution is -1.97. The summed E-state index contributed by atoms with van der Waals surface area (Å²) >= 11 is 3.76. The molecule has 1 aliphatic heterocycles. The molecule has 1 aromatic rings. The number of rotatable bonds is 2. The molecule has 15 heavy (non-hydrogen) atoms. The van der Waals surface area contributed by atoms with Crippen LogP contribution >= 0.6 is 23.5 Å². The van der Waals surface area contributed by atoms with Crippen LogP contribution in [0.15, 0.2) is 46.7 Å². The topological polar surface area (TPSA) is 0 Å². The molecule has 0 N–H and O–H groups in total. The Kier molecular flexibility index (Phi) is 3.60. The molecule has 1 aromatic carbocycles. The van der Waals surface area contributed by atoms with Crippen molar-refractivity contribution >= 4 is 29.1 Å². The predicted molar refractivity (Wildman–Crippen MR) is 73.1 cm³/mol. The highest BCUT2D eigenvalue weighted by Gasteiger charge is 2.12. The number of hydrogen-bond donors (Lipinski definition) is 0. The molecule has 0 aliphatic carbocycles. The fourth-order valence-corrected chi connectivity index (χ4v) is 3.46. The first-order chi connectivity index (χ1) is 7.29. The van der Waals surface area contributed by atoms with Gasteiger partial charge in [0.05, 0.1) is 0 Å². The molecular weight excluding hydrogens is 220 g/mol. The second-order valence-corrected chi connectivity index (χ2v) is 6.00. The molecule has 1 unspecified atom stereocenters. The minimum absolute atomic E-state index is 0.577. The summed E-state index contributed by atoms with van der Waals surface area (Å²) in [7, 11) is 0. The third-order valence-electron chi connectivity index (χ3n) is 2.30. The lowest BCUT2D eigenvalue weighted by atomic mass is 10.1. The van der Waals surface area contributed by atoms with Crippen LogP contribution in [-0.4, -0.2) is 11.5 Å². The summed E-state index contributed by atoms with van der Waals surface area (Å²) in [6, 6.07) is 10.6. The first-order valence-electron chi connectivity index (χ1n) is 4.99. The van der Waals surface area contributed by atoms with Gasteiger partial charge in [-0.05, 0) is 30.4 Å². The Bertz CT molecular complexity index is 390. The van der Waals surface area contributed by atoms with Gasteiger partial charge in [0.2, 0.25) is 0 Å². The fourth-order valence-electron chi connectivity index (χ4n) is 1.60. The Hall–Kier alpha value is -0.600. The van der Waals surface area contributed by atoms with Crippen LogP contribution in [0.25, 0.3) is 5.57 Å².